The summed E-state index contributed by atoms with van der Waals surface area (Å²) in [5.41, 5.74) is 15.8. The summed E-state index contributed by atoms with van der Waals surface area (Å²) in [5, 5.41) is 4.50. The highest BCUT2D eigenvalue weighted by atomic mass is 16.3. The molecule has 71 heavy (non-hydrogen) atoms. The van der Waals surface area contributed by atoms with Crippen molar-refractivity contribution < 1.29 is 4.42 Å². The number of aromatic nitrogens is 6. The average molecular weight is 909 g/mol. The quantitative estimate of drug-likeness (QED) is 0.152. The highest BCUT2D eigenvalue weighted by Crippen LogP contribution is 2.42. The number of para-hydroxylation sites is 4. The zero-order valence-electron chi connectivity index (χ0n) is 38.2. The molecule has 0 amide bonds. The molecule has 7 heteroatoms. The van der Waals surface area contributed by atoms with E-state index >= 15 is 0 Å². The molecule has 0 spiro atoms. The van der Waals surface area contributed by atoms with Crippen LogP contribution in [0.2, 0.25) is 0 Å². The molecule has 332 valence electrons. The molecule has 0 N–H and O–H groups in total. The lowest BCUT2D eigenvalue weighted by Crippen LogP contribution is -2.07. The lowest BCUT2D eigenvalue weighted by atomic mass is 9.99. The maximum absolute atomic E-state index is 6.74. The van der Waals surface area contributed by atoms with Gasteiger partial charge in [0.1, 0.15) is 5.52 Å². The fourth-order valence-corrected chi connectivity index (χ4v) is 10.2. The van der Waals surface area contributed by atoms with E-state index in [0.717, 1.165) is 77.3 Å². The van der Waals surface area contributed by atoms with Gasteiger partial charge in [0, 0.05) is 38.4 Å². The first-order valence-electron chi connectivity index (χ1n) is 23.8. The minimum atomic E-state index is 0.472. The molecule has 10 aromatic carbocycles. The van der Waals surface area contributed by atoms with Gasteiger partial charge in [-0.25, -0.2) is 9.97 Å². The molecule has 0 unspecified atom stereocenters. The molecule has 14 aromatic rings. The molecule has 4 aromatic heterocycles. The van der Waals surface area contributed by atoms with E-state index in [2.05, 4.69) is 221 Å². The highest BCUT2D eigenvalue weighted by molar-refractivity contribution is 6.23. The first-order valence-corrected chi connectivity index (χ1v) is 23.8. The second-order valence-electron chi connectivity index (χ2n) is 17.8. The van der Waals surface area contributed by atoms with Gasteiger partial charge in [-0.2, -0.15) is 9.97 Å². The number of hydrogen-bond acceptors (Lipinski definition) is 5. The molecular weight excluding hydrogens is 869 g/mol. The van der Waals surface area contributed by atoms with Gasteiger partial charge in [0.15, 0.2) is 17.2 Å². The van der Waals surface area contributed by atoms with Gasteiger partial charge in [-0.15, -0.1) is 0 Å². The summed E-state index contributed by atoms with van der Waals surface area (Å²) in [6.45, 7) is 0. The Labute approximate surface area is 408 Å². The summed E-state index contributed by atoms with van der Waals surface area (Å²) in [5.74, 6) is 2.01. The number of fused-ring (bicyclic) bond motifs is 8. The van der Waals surface area contributed by atoms with Crippen LogP contribution in [-0.2, 0) is 0 Å². The van der Waals surface area contributed by atoms with E-state index < -0.39 is 0 Å². The number of hydrogen-bond donors (Lipinski definition) is 0. The van der Waals surface area contributed by atoms with E-state index in [1.54, 1.807) is 0 Å². The van der Waals surface area contributed by atoms with Crippen molar-refractivity contribution in [1.29, 1.82) is 0 Å². The summed E-state index contributed by atoms with van der Waals surface area (Å²) in [6, 6.07) is 84.6. The summed E-state index contributed by atoms with van der Waals surface area (Å²) in [7, 11) is 0. The van der Waals surface area contributed by atoms with E-state index in [0.29, 0.717) is 40.2 Å². The van der Waals surface area contributed by atoms with E-state index in [4.69, 9.17) is 24.4 Å². The Kier molecular flexibility index (Phi) is 9.38. The second kappa shape index (κ2) is 16.5. The van der Waals surface area contributed by atoms with Crippen molar-refractivity contribution in [2.75, 3.05) is 0 Å². The molecule has 0 aliphatic heterocycles. The Morgan fingerprint density at radius 1 is 0.296 bits per heavy atom. The van der Waals surface area contributed by atoms with Gasteiger partial charge in [0.2, 0.25) is 11.8 Å². The molecule has 14 rings (SSSR count). The Hall–Kier alpha value is -9.72. The third-order valence-corrected chi connectivity index (χ3v) is 13.7. The molecule has 0 bridgehead atoms. The van der Waals surface area contributed by atoms with Crippen LogP contribution in [0.5, 0.6) is 0 Å². The zero-order valence-corrected chi connectivity index (χ0v) is 38.2. The normalized spacial score (nSPS) is 11.7. The van der Waals surface area contributed by atoms with Crippen LogP contribution in [0.15, 0.2) is 247 Å². The van der Waals surface area contributed by atoms with Crippen LogP contribution in [0.4, 0.5) is 0 Å². The van der Waals surface area contributed by atoms with Gasteiger partial charge in [-0.05, 0) is 81.9 Å². The fraction of sp³-hybridized carbons (Fsp3) is 0. The number of rotatable bonds is 8. The Balaban J connectivity index is 0.979. The smallest absolute Gasteiger partial charge is 0.238 e. The maximum atomic E-state index is 6.74. The van der Waals surface area contributed by atoms with Crippen molar-refractivity contribution in [2.24, 2.45) is 0 Å². The maximum Gasteiger partial charge on any atom is 0.238 e. The number of nitrogens with zero attached hydrogens (tertiary/aromatic N) is 6. The Morgan fingerprint density at radius 3 is 1.32 bits per heavy atom. The zero-order chi connectivity index (χ0) is 46.8. The topological polar surface area (TPSA) is 74.6 Å². The molecule has 0 saturated heterocycles. The van der Waals surface area contributed by atoms with Crippen LogP contribution >= 0.6 is 0 Å². The third-order valence-electron chi connectivity index (χ3n) is 13.7. The first kappa shape index (κ1) is 40.4. The van der Waals surface area contributed by atoms with Crippen LogP contribution < -0.4 is 0 Å². The van der Waals surface area contributed by atoms with Crippen molar-refractivity contribution in [1.82, 2.24) is 29.1 Å². The van der Waals surface area contributed by atoms with E-state index in [1.165, 1.54) is 16.5 Å². The minimum Gasteiger partial charge on any atom is -0.435 e. The molecule has 0 atom stereocenters. The van der Waals surface area contributed by atoms with E-state index in [-0.39, 0.29) is 0 Å². The molecule has 4 heterocycles. The first-order chi connectivity index (χ1) is 35.2. The van der Waals surface area contributed by atoms with Crippen molar-refractivity contribution in [2.45, 2.75) is 0 Å². The lowest BCUT2D eigenvalue weighted by molar-refractivity contribution is 0.620. The van der Waals surface area contributed by atoms with Crippen LogP contribution in [0.1, 0.15) is 0 Å². The number of benzene rings is 10. The van der Waals surface area contributed by atoms with Gasteiger partial charge in [-0.1, -0.05) is 194 Å². The molecule has 7 nitrogen and oxygen atoms in total. The van der Waals surface area contributed by atoms with E-state index in [9.17, 15) is 0 Å². The Bertz CT molecular complexity index is 4290. The van der Waals surface area contributed by atoms with E-state index in [1.807, 2.05) is 30.3 Å². The molecule has 0 saturated carbocycles. The predicted molar refractivity (Wildman–Crippen MR) is 289 cm³/mol. The van der Waals surface area contributed by atoms with Gasteiger partial charge in [0.05, 0.1) is 27.6 Å². The van der Waals surface area contributed by atoms with Crippen LogP contribution in [0.3, 0.4) is 0 Å². The van der Waals surface area contributed by atoms with Crippen LogP contribution in [0.25, 0.3) is 134 Å². The van der Waals surface area contributed by atoms with Gasteiger partial charge in [-0.3, -0.25) is 4.57 Å². The monoisotopic (exact) mass is 908 g/mol. The lowest BCUT2D eigenvalue weighted by Gasteiger charge is -2.13. The van der Waals surface area contributed by atoms with Crippen LogP contribution in [-0.4, -0.2) is 29.1 Å². The molecular formula is C64H40N6O. The highest BCUT2D eigenvalue weighted by Gasteiger charge is 2.25. The third kappa shape index (κ3) is 6.82. The van der Waals surface area contributed by atoms with Crippen molar-refractivity contribution in [3.8, 4) is 79.2 Å². The fourth-order valence-electron chi connectivity index (χ4n) is 10.2. The van der Waals surface area contributed by atoms with Crippen molar-refractivity contribution >= 4 is 54.7 Å². The summed E-state index contributed by atoms with van der Waals surface area (Å²) in [6.07, 6.45) is 0. The van der Waals surface area contributed by atoms with Crippen molar-refractivity contribution in [3.63, 3.8) is 0 Å². The van der Waals surface area contributed by atoms with Gasteiger partial charge in [0.25, 0.3) is 0 Å². The molecule has 0 aliphatic rings. The standard InChI is InChI=1S/C64H40N6O/c1-4-15-41(16-5-1)43-27-29-45(30-28-43)46-31-35-47(36-32-46)61-66-62(54-23-14-24-55-60(54)71-63(65-55)48-37-33-44(34-38-48)42-17-6-2-7-18-42)68-64(67-61)70-57-26-13-11-22-51(57)53-40-39-52-50-21-10-12-25-56(50)69(58(52)59(53)70)49-19-8-3-9-20-49/h1-40H. The van der Waals surface area contributed by atoms with Crippen molar-refractivity contribution in [3.05, 3.63) is 243 Å². The predicted octanol–water partition coefficient (Wildman–Crippen LogP) is 16.2. The Morgan fingerprint density at radius 2 is 0.746 bits per heavy atom. The molecule has 0 aliphatic carbocycles. The molecule has 0 fully saturated rings. The van der Waals surface area contributed by atoms with Crippen LogP contribution in [0, 0.1) is 0 Å². The number of oxazole rings is 1. The van der Waals surface area contributed by atoms with Gasteiger partial charge >= 0.3 is 0 Å². The average Bonchev–Trinajstić information content (AvgIpc) is 4.15. The largest absolute Gasteiger partial charge is 0.435 e. The molecule has 0 radical (unpaired) electrons. The summed E-state index contributed by atoms with van der Waals surface area (Å²) < 4.78 is 11.3. The second-order valence-corrected chi connectivity index (χ2v) is 17.8. The SMILES string of the molecule is c1ccc(-c2ccc(-c3ccc(-c4nc(-c5cccc6nc(-c7ccc(-c8ccccc8)cc7)oc56)nc(-n5c6ccccc6c6ccc7c8ccccc8n(-c8ccccc8)c7c65)n4)cc3)cc2)cc1. The summed E-state index contributed by atoms with van der Waals surface area (Å²) >= 11 is 0. The minimum absolute atomic E-state index is 0.472. The summed E-state index contributed by atoms with van der Waals surface area (Å²) in [4.78, 5) is 21.2. The van der Waals surface area contributed by atoms with Gasteiger partial charge < -0.3 is 8.98 Å².